The lowest BCUT2D eigenvalue weighted by Crippen LogP contribution is -2.47. The molecule has 1 saturated carbocycles. The Hall–Kier alpha value is -1.36. The fraction of sp³-hybridized carbons (Fsp3) is 0.750. The summed E-state index contributed by atoms with van der Waals surface area (Å²) in [5.41, 5.74) is 1.46. The Balaban J connectivity index is 2.14. The van der Waals surface area contributed by atoms with Crippen LogP contribution in [0.4, 0.5) is 11.6 Å². The van der Waals surface area contributed by atoms with Gasteiger partial charge in [0.05, 0.1) is 0 Å². The first-order valence-corrected chi connectivity index (χ1v) is 8.12. The van der Waals surface area contributed by atoms with Gasteiger partial charge < -0.3 is 15.5 Å². The first kappa shape index (κ1) is 16.0. The number of hydrogen-bond donors (Lipinski definition) is 2. The van der Waals surface area contributed by atoms with Crippen LogP contribution in [0, 0.1) is 0 Å². The van der Waals surface area contributed by atoms with Gasteiger partial charge in [-0.1, -0.05) is 19.8 Å². The van der Waals surface area contributed by atoms with Crippen LogP contribution in [0.25, 0.3) is 0 Å². The molecule has 21 heavy (non-hydrogen) atoms. The molecule has 1 aliphatic rings. The summed E-state index contributed by atoms with van der Waals surface area (Å²) in [5, 5.41) is 6.92. The summed E-state index contributed by atoms with van der Waals surface area (Å²) in [7, 11) is 4.38. The largest absolute Gasteiger partial charge is 0.370 e. The zero-order chi connectivity index (χ0) is 15.3. The Kier molecular flexibility index (Phi) is 5.39. The van der Waals surface area contributed by atoms with E-state index in [0.717, 1.165) is 31.1 Å². The first-order chi connectivity index (χ1) is 10.1. The van der Waals surface area contributed by atoms with Gasteiger partial charge >= 0.3 is 0 Å². The highest BCUT2D eigenvalue weighted by atomic mass is 15.2. The van der Waals surface area contributed by atoms with Gasteiger partial charge in [0.2, 0.25) is 0 Å². The molecular weight excluding hydrogens is 262 g/mol. The first-order valence-electron chi connectivity index (χ1n) is 8.12. The van der Waals surface area contributed by atoms with Crippen molar-refractivity contribution in [1.29, 1.82) is 0 Å². The molecule has 118 valence electrons. The molecule has 0 bridgehead atoms. The SMILES string of the molecule is CCNc1ncnc(NCC2(N(C)C)CCCC2)c1CC. The van der Waals surface area contributed by atoms with Crippen molar-refractivity contribution in [3.63, 3.8) is 0 Å². The Morgan fingerprint density at radius 2 is 1.71 bits per heavy atom. The quantitative estimate of drug-likeness (QED) is 0.809. The molecule has 1 aliphatic carbocycles. The fourth-order valence-electron chi connectivity index (χ4n) is 3.28. The lowest BCUT2D eigenvalue weighted by molar-refractivity contribution is 0.172. The van der Waals surface area contributed by atoms with E-state index in [0.29, 0.717) is 0 Å². The van der Waals surface area contributed by atoms with E-state index < -0.39 is 0 Å². The third-order valence-electron chi connectivity index (χ3n) is 4.71. The molecule has 1 aromatic rings. The van der Waals surface area contributed by atoms with Crippen LogP contribution in [-0.4, -0.2) is 47.6 Å². The molecule has 0 amide bonds. The monoisotopic (exact) mass is 291 g/mol. The highest BCUT2D eigenvalue weighted by Crippen LogP contribution is 2.34. The van der Waals surface area contributed by atoms with Crippen molar-refractivity contribution in [2.75, 3.05) is 37.8 Å². The van der Waals surface area contributed by atoms with Gasteiger partial charge in [-0.05, 0) is 40.3 Å². The van der Waals surface area contributed by atoms with Crippen molar-refractivity contribution in [3.05, 3.63) is 11.9 Å². The molecule has 0 spiro atoms. The van der Waals surface area contributed by atoms with Crippen LogP contribution in [0.5, 0.6) is 0 Å². The lowest BCUT2D eigenvalue weighted by atomic mass is 9.96. The van der Waals surface area contributed by atoms with Crippen molar-refractivity contribution in [1.82, 2.24) is 14.9 Å². The normalized spacial score (nSPS) is 17.2. The number of nitrogens with zero attached hydrogens (tertiary/aromatic N) is 3. The Bertz CT molecular complexity index is 452. The maximum absolute atomic E-state index is 4.46. The van der Waals surface area contributed by atoms with Gasteiger partial charge in [-0.25, -0.2) is 9.97 Å². The summed E-state index contributed by atoms with van der Waals surface area (Å²) in [6, 6.07) is 0. The fourth-order valence-corrected chi connectivity index (χ4v) is 3.28. The molecule has 2 rings (SSSR count). The summed E-state index contributed by atoms with van der Waals surface area (Å²) in [6.45, 7) is 6.08. The van der Waals surface area contributed by atoms with E-state index in [1.165, 1.54) is 31.2 Å². The third-order valence-corrected chi connectivity index (χ3v) is 4.71. The van der Waals surface area contributed by atoms with E-state index in [1.807, 2.05) is 0 Å². The van der Waals surface area contributed by atoms with E-state index in [1.54, 1.807) is 6.33 Å². The van der Waals surface area contributed by atoms with Gasteiger partial charge in [-0.3, -0.25) is 0 Å². The zero-order valence-corrected chi connectivity index (χ0v) is 13.9. The van der Waals surface area contributed by atoms with Gasteiger partial charge in [-0.2, -0.15) is 0 Å². The summed E-state index contributed by atoms with van der Waals surface area (Å²) in [4.78, 5) is 11.2. The average molecular weight is 291 g/mol. The van der Waals surface area contributed by atoms with Crippen molar-refractivity contribution in [3.8, 4) is 0 Å². The van der Waals surface area contributed by atoms with Crippen LogP contribution in [0.3, 0.4) is 0 Å². The molecule has 1 heterocycles. The highest BCUT2D eigenvalue weighted by molar-refractivity contribution is 5.57. The topological polar surface area (TPSA) is 53.1 Å². The van der Waals surface area contributed by atoms with Gasteiger partial charge in [0.1, 0.15) is 18.0 Å². The molecule has 0 radical (unpaired) electrons. The lowest BCUT2D eigenvalue weighted by Gasteiger charge is -2.36. The zero-order valence-electron chi connectivity index (χ0n) is 13.9. The second kappa shape index (κ2) is 7.07. The average Bonchev–Trinajstić information content (AvgIpc) is 2.96. The van der Waals surface area contributed by atoms with Crippen molar-refractivity contribution in [2.24, 2.45) is 0 Å². The van der Waals surface area contributed by atoms with Crippen LogP contribution < -0.4 is 10.6 Å². The maximum Gasteiger partial charge on any atom is 0.134 e. The number of hydrogen-bond acceptors (Lipinski definition) is 5. The summed E-state index contributed by atoms with van der Waals surface area (Å²) >= 11 is 0. The van der Waals surface area contributed by atoms with Crippen LogP contribution in [0.1, 0.15) is 45.1 Å². The van der Waals surface area contributed by atoms with Crippen molar-refractivity contribution in [2.45, 2.75) is 51.5 Å². The Labute approximate surface area is 128 Å². The highest BCUT2D eigenvalue weighted by Gasteiger charge is 2.35. The van der Waals surface area contributed by atoms with E-state index in [4.69, 9.17) is 0 Å². The van der Waals surface area contributed by atoms with Gasteiger partial charge in [-0.15, -0.1) is 0 Å². The van der Waals surface area contributed by atoms with Crippen LogP contribution in [0.2, 0.25) is 0 Å². The molecular formula is C16H29N5. The molecule has 2 N–H and O–H groups in total. The van der Waals surface area contributed by atoms with Gasteiger partial charge in [0.15, 0.2) is 0 Å². The standard InChI is InChI=1S/C16H29N5/c1-5-13-14(17-6-2)19-12-20-15(13)18-11-16(21(3)4)9-7-8-10-16/h12H,5-11H2,1-4H3,(H2,17,18,19,20). The summed E-state index contributed by atoms with van der Waals surface area (Å²) in [6.07, 6.45) is 7.76. The van der Waals surface area contributed by atoms with Crippen molar-refractivity contribution >= 4 is 11.6 Å². The van der Waals surface area contributed by atoms with Crippen molar-refractivity contribution < 1.29 is 0 Å². The van der Waals surface area contributed by atoms with E-state index in [2.05, 4.69) is 53.4 Å². The van der Waals surface area contributed by atoms with Gasteiger partial charge in [0, 0.05) is 24.2 Å². The molecule has 5 heteroatoms. The third kappa shape index (κ3) is 3.46. The molecule has 0 aliphatic heterocycles. The van der Waals surface area contributed by atoms with E-state index in [-0.39, 0.29) is 5.54 Å². The molecule has 1 fully saturated rings. The van der Waals surface area contributed by atoms with E-state index in [9.17, 15) is 0 Å². The van der Waals surface area contributed by atoms with E-state index >= 15 is 0 Å². The van der Waals surface area contributed by atoms with Gasteiger partial charge in [0.25, 0.3) is 0 Å². The number of anilines is 2. The number of rotatable bonds is 7. The van der Waals surface area contributed by atoms with Crippen LogP contribution in [-0.2, 0) is 6.42 Å². The second-order valence-corrected chi connectivity index (χ2v) is 6.11. The second-order valence-electron chi connectivity index (χ2n) is 6.11. The molecule has 0 unspecified atom stereocenters. The number of aromatic nitrogens is 2. The minimum atomic E-state index is 0.272. The molecule has 1 aromatic heterocycles. The molecule has 0 atom stereocenters. The molecule has 0 aromatic carbocycles. The van der Waals surface area contributed by atoms with Crippen LogP contribution >= 0.6 is 0 Å². The Morgan fingerprint density at radius 1 is 1.10 bits per heavy atom. The smallest absolute Gasteiger partial charge is 0.134 e. The summed E-state index contributed by atoms with van der Waals surface area (Å²) in [5.74, 6) is 1.94. The number of likely N-dealkylation sites (N-methyl/N-ethyl adjacent to an activating group) is 1. The minimum Gasteiger partial charge on any atom is -0.370 e. The molecule has 0 saturated heterocycles. The van der Waals surface area contributed by atoms with Crippen LogP contribution in [0.15, 0.2) is 6.33 Å². The molecule has 5 nitrogen and oxygen atoms in total. The predicted octanol–water partition coefficient (Wildman–Crippen LogP) is 2.76. The Morgan fingerprint density at radius 3 is 2.24 bits per heavy atom. The number of nitrogens with one attached hydrogen (secondary N) is 2. The maximum atomic E-state index is 4.46. The minimum absolute atomic E-state index is 0.272. The summed E-state index contributed by atoms with van der Waals surface area (Å²) < 4.78 is 0. The predicted molar refractivity (Wildman–Crippen MR) is 88.9 cm³/mol.